The Morgan fingerprint density at radius 1 is 1.53 bits per heavy atom. The van der Waals surface area contributed by atoms with Gasteiger partial charge < -0.3 is 0 Å². The highest BCUT2D eigenvalue weighted by Crippen LogP contribution is 2.35. The van der Waals surface area contributed by atoms with Gasteiger partial charge in [0, 0.05) is 6.42 Å². The summed E-state index contributed by atoms with van der Waals surface area (Å²) in [6.07, 6.45) is 6.87. The number of fused-ring (bicyclic) bond motifs is 1. The Bertz CT molecular complexity index is 506. The van der Waals surface area contributed by atoms with Crippen molar-refractivity contribution in [3.05, 3.63) is 36.2 Å². The Hall–Kier alpha value is -1.64. The van der Waals surface area contributed by atoms with Crippen LogP contribution in [-0.4, -0.2) is 15.6 Å². The van der Waals surface area contributed by atoms with Crippen LogP contribution in [-0.2, 0) is 6.42 Å². The minimum Gasteiger partial charge on any atom is -0.294 e. The molecule has 0 unspecified atom stereocenters. The maximum Gasteiger partial charge on any atom is 0.166 e. The summed E-state index contributed by atoms with van der Waals surface area (Å²) < 4.78 is 1.83. The maximum atomic E-state index is 12.0. The van der Waals surface area contributed by atoms with Gasteiger partial charge in [0.1, 0.15) is 0 Å². The van der Waals surface area contributed by atoms with Gasteiger partial charge in [0.15, 0.2) is 5.78 Å². The molecule has 0 N–H and O–H groups in total. The number of carbonyl (C=O) groups excluding carboxylic acids is 1. The smallest absolute Gasteiger partial charge is 0.166 e. The van der Waals surface area contributed by atoms with Gasteiger partial charge in [-0.2, -0.15) is 5.10 Å². The van der Waals surface area contributed by atoms with Crippen molar-refractivity contribution >= 4 is 11.5 Å². The summed E-state index contributed by atoms with van der Waals surface area (Å²) in [5.74, 6) is 0.196. The van der Waals surface area contributed by atoms with Crippen LogP contribution in [0.1, 0.15) is 43.2 Å². The third kappa shape index (κ3) is 1.97. The predicted molar refractivity (Wildman–Crippen MR) is 68.8 cm³/mol. The van der Waals surface area contributed by atoms with Gasteiger partial charge in [0.2, 0.25) is 0 Å². The van der Waals surface area contributed by atoms with E-state index in [0.717, 1.165) is 23.4 Å². The molecule has 1 heterocycles. The molecule has 1 aromatic rings. The van der Waals surface area contributed by atoms with Crippen LogP contribution in [0.3, 0.4) is 0 Å². The van der Waals surface area contributed by atoms with Gasteiger partial charge in [0.25, 0.3) is 0 Å². The minimum atomic E-state index is 0.0158. The molecule has 0 radical (unpaired) electrons. The fraction of sp³-hybridized carbons (Fsp3) is 0.429. The molecule has 0 atom stereocenters. The lowest BCUT2D eigenvalue weighted by Crippen LogP contribution is -2.27. The zero-order valence-electron chi connectivity index (χ0n) is 10.7. The van der Waals surface area contributed by atoms with Crippen molar-refractivity contribution in [1.82, 2.24) is 9.78 Å². The zero-order chi connectivity index (χ0) is 12.6. The summed E-state index contributed by atoms with van der Waals surface area (Å²) in [5, 5.41) is 4.31. The second kappa shape index (κ2) is 3.99. The third-order valence-corrected chi connectivity index (χ3v) is 3.20. The average Bonchev–Trinajstić information content (AvgIpc) is 2.62. The molecule has 0 aliphatic heterocycles. The molecule has 0 spiro atoms. The Labute approximate surface area is 102 Å². The van der Waals surface area contributed by atoms with Crippen molar-refractivity contribution in [2.75, 3.05) is 0 Å². The van der Waals surface area contributed by atoms with Gasteiger partial charge in [-0.05, 0) is 24.8 Å². The topological polar surface area (TPSA) is 34.9 Å². The van der Waals surface area contributed by atoms with Crippen LogP contribution in [0.5, 0.6) is 0 Å². The first-order valence-corrected chi connectivity index (χ1v) is 5.88. The fourth-order valence-corrected chi connectivity index (χ4v) is 2.37. The van der Waals surface area contributed by atoms with Crippen LogP contribution in [0.15, 0.2) is 24.9 Å². The molecule has 2 rings (SSSR count). The van der Waals surface area contributed by atoms with Crippen LogP contribution in [0, 0.1) is 5.41 Å². The van der Waals surface area contributed by atoms with E-state index in [1.807, 2.05) is 17.7 Å². The molecule has 1 aliphatic rings. The molecule has 0 saturated carbocycles. The highest BCUT2D eigenvalue weighted by molar-refractivity contribution is 5.98. The quantitative estimate of drug-likeness (QED) is 0.732. The molecule has 0 saturated heterocycles. The molecule has 1 aliphatic carbocycles. The number of hydrogen-bond acceptors (Lipinski definition) is 2. The summed E-state index contributed by atoms with van der Waals surface area (Å²) in [6, 6.07) is 0. The molecule has 3 nitrogen and oxygen atoms in total. The van der Waals surface area contributed by atoms with Crippen LogP contribution >= 0.6 is 0 Å². The van der Waals surface area contributed by atoms with Gasteiger partial charge in [-0.1, -0.05) is 26.5 Å². The van der Waals surface area contributed by atoms with Gasteiger partial charge in [-0.25, -0.2) is 4.68 Å². The fourth-order valence-electron chi connectivity index (χ4n) is 2.37. The number of aromatic nitrogens is 2. The van der Waals surface area contributed by atoms with E-state index in [-0.39, 0.29) is 11.2 Å². The summed E-state index contributed by atoms with van der Waals surface area (Å²) in [4.78, 5) is 12.0. The Balaban J connectivity index is 2.55. The number of rotatable bonds is 2. The van der Waals surface area contributed by atoms with Crippen molar-refractivity contribution in [3.63, 3.8) is 0 Å². The number of nitrogens with zero attached hydrogens (tertiary/aromatic N) is 2. The first-order valence-electron chi connectivity index (χ1n) is 5.88. The van der Waals surface area contributed by atoms with Gasteiger partial charge in [0.05, 0.1) is 23.2 Å². The molecule has 3 heteroatoms. The van der Waals surface area contributed by atoms with Gasteiger partial charge in [-0.15, -0.1) is 0 Å². The molecule has 90 valence electrons. The lowest BCUT2D eigenvalue weighted by Gasteiger charge is -2.29. The van der Waals surface area contributed by atoms with E-state index in [0.29, 0.717) is 6.42 Å². The number of ketones is 1. The number of carbonyl (C=O) groups is 1. The van der Waals surface area contributed by atoms with E-state index in [1.165, 1.54) is 0 Å². The normalized spacial score (nSPS) is 19.0. The Morgan fingerprint density at radius 3 is 2.82 bits per heavy atom. The Kier molecular flexibility index (Phi) is 2.77. The van der Waals surface area contributed by atoms with Crippen LogP contribution < -0.4 is 0 Å². The van der Waals surface area contributed by atoms with Crippen LogP contribution in [0.2, 0.25) is 0 Å². The molecule has 0 amide bonds. The molecular weight excluding hydrogens is 212 g/mol. The molecular formula is C14H18N2O. The summed E-state index contributed by atoms with van der Waals surface area (Å²) >= 11 is 0. The van der Waals surface area contributed by atoms with E-state index in [2.05, 4.69) is 25.5 Å². The van der Waals surface area contributed by atoms with Crippen molar-refractivity contribution in [2.45, 2.75) is 33.6 Å². The lowest BCUT2D eigenvalue weighted by molar-refractivity contribution is 0.0911. The number of allylic oxidation sites excluding steroid dienone is 3. The van der Waals surface area contributed by atoms with E-state index >= 15 is 0 Å². The largest absolute Gasteiger partial charge is 0.294 e. The van der Waals surface area contributed by atoms with E-state index in [4.69, 9.17) is 0 Å². The van der Waals surface area contributed by atoms with Crippen molar-refractivity contribution in [1.29, 1.82) is 0 Å². The van der Waals surface area contributed by atoms with Crippen molar-refractivity contribution in [2.24, 2.45) is 5.41 Å². The standard InChI is InChI=1S/C14H18N2O/c1-5-10(6-2)16-12-7-14(3,4)8-13(17)11(12)9-15-16/h5-6,9H,1,7-8H2,2-4H3/b10-6+. The molecule has 0 bridgehead atoms. The molecule has 1 aromatic heterocycles. The van der Waals surface area contributed by atoms with Crippen molar-refractivity contribution < 1.29 is 4.79 Å². The average molecular weight is 230 g/mol. The van der Waals surface area contributed by atoms with Gasteiger partial charge in [-0.3, -0.25) is 4.79 Å². The first kappa shape index (κ1) is 11.8. The van der Waals surface area contributed by atoms with Crippen molar-refractivity contribution in [3.8, 4) is 0 Å². The number of hydrogen-bond donors (Lipinski definition) is 0. The number of Topliss-reactive ketones (excluding diaryl/α,β-unsaturated/α-hetero) is 1. The molecule has 17 heavy (non-hydrogen) atoms. The predicted octanol–water partition coefficient (Wildman–Crippen LogP) is 3.09. The second-order valence-electron chi connectivity index (χ2n) is 5.28. The summed E-state index contributed by atoms with van der Waals surface area (Å²) in [6.45, 7) is 9.96. The van der Waals surface area contributed by atoms with E-state index in [9.17, 15) is 4.79 Å². The van der Waals surface area contributed by atoms with Crippen LogP contribution in [0.4, 0.5) is 0 Å². The highest BCUT2D eigenvalue weighted by Gasteiger charge is 2.33. The lowest BCUT2D eigenvalue weighted by atomic mass is 9.76. The zero-order valence-corrected chi connectivity index (χ0v) is 10.7. The molecule has 0 aromatic carbocycles. The summed E-state index contributed by atoms with van der Waals surface area (Å²) in [7, 11) is 0. The SMILES string of the molecule is C=C/C(=C\C)n1ncc2c1CC(C)(C)CC2=O. The minimum absolute atomic E-state index is 0.0158. The first-order chi connectivity index (χ1) is 7.98. The van der Waals surface area contributed by atoms with Gasteiger partial charge >= 0.3 is 0 Å². The van der Waals surface area contributed by atoms with E-state index in [1.54, 1.807) is 12.3 Å². The van der Waals surface area contributed by atoms with Crippen LogP contribution in [0.25, 0.3) is 5.70 Å². The third-order valence-electron chi connectivity index (χ3n) is 3.20. The summed E-state index contributed by atoms with van der Waals surface area (Å²) in [5.41, 5.74) is 2.73. The maximum absolute atomic E-state index is 12.0. The van der Waals surface area contributed by atoms with E-state index < -0.39 is 0 Å². The molecule has 0 fully saturated rings. The Morgan fingerprint density at radius 2 is 2.24 bits per heavy atom. The monoisotopic (exact) mass is 230 g/mol. The second-order valence-corrected chi connectivity index (χ2v) is 5.28. The highest BCUT2D eigenvalue weighted by atomic mass is 16.1.